The van der Waals surface area contributed by atoms with E-state index in [4.69, 9.17) is 0 Å². The molecule has 2 aromatic carbocycles. The number of carbonyl (C=O) groups excluding carboxylic acids is 2. The van der Waals surface area contributed by atoms with Crippen molar-refractivity contribution >= 4 is 17.5 Å². The van der Waals surface area contributed by atoms with Crippen molar-refractivity contribution in [3.63, 3.8) is 0 Å². The maximum Gasteiger partial charge on any atom is 0.260 e. The molecule has 0 fully saturated rings. The van der Waals surface area contributed by atoms with Crippen LogP contribution < -0.4 is 10.2 Å². The molecule has 0 saturated carbocycles. The summed E-state index contributed by atoms with van der Waals surface area (Å²) in [6, 6.07) is 20.5. The molecule has 2 amide bonds. The standard InChI is InChI=1S/C23H21N3O2/c1-16-8-5-6-9-17(16)15-25-21(27)14-20-22-19(12-7-13-24-22)23(28)26(20)18-10-3-2-4-11-18/h2-13,20H,14-15H2,1H3,(H,25,27)/t20-/m0/s1. The van der Waals surface area contributed by atoms with Crippen LogP contribution in [0.4, 0.5) is 5.69 Å². The molecule has 0 spiro atoms. The number of anilines is 1. The molecule has 0 unspecified atom stereocenters. The summed E-state index contributed by atoms with van der Waals surface area (Å²) in [5, 5.41) is 2.98. The lowest BCUT2D eigenvalue weighted by atomic mass is 10.1. The van der Waals surface area contributed by atoms with Crippen LogP contribution in [-0.4, -0.2) is 16.8 Å². The summed E-state index contributed by atoms with van der Waals surface area (Å²) in [7, 11) is 0. The van der Waals surface area contributed by atoms with E-state index < -0.39 is 6.04 Å². The fourth-order valence-corrected chi connectivity index (χ4v) is 3.58. The van der Waals surface area contributed by atoms with Crippen molar-refractivity contribution in [2.75, 3.05) is 4.90 Å². The molecule has 1 atom stereocenters. The van der Waals surface area contributed by atoms with Crippen molar-refractivity contribution in [2.45, 2.75) is 25.9 Å². The summed E-state index contributed by atoms with van der Waals surface area (Å²) in [4.78, 5) is 31.7. The number of para-hydroxylation sites is 1. The minimum Gasteiger partial charge on any atom is -0.352 e. The van der Waals surface area contributed by atoms with E-state index in [-0.39, 0.29) is 18.2 Å². The summed E-state index contributed by atoms with van der Waals surface area (Å²) in [6.45, 7) is 2.49. The Morgan fingerprint density at radius 1 is 1.04 bits per heavy atom. The van der Waals surface area contributed by atoms with E-state index in [2.05, 4.69) is 10.3 Å². The Morgan fingerprint density at radius 3 is 2.57 bits per heavy atom. The molecule has 1 aliphatic rings. The predicted octanol–water partition coefficient (Wildman–Crippen LogP) is 3.80. The van der Waals surface area contributed by atoms with Gasteiger partial charge in [-0.1, -0.05) is 42.5 Å². The van der Waals surface area contributed by atoms with Gasteiger partial charge in [0.15, 0.2) is 0 Å². The Morgan fingerprint density at radius 2 is 1.79 bits per heavy atom. The van der Waals surface area contributed by atoms with Crippen molar-refractivity contribution in [1.29, 1.82) is 0 Å². The number of aryl methyl sites for hydroxylation is 1. The van der Waals surface area contributed by atoms with Crippen LogP contribution in [0.3, 0.4) is 0 Å². The second-order valence-corrected chi connectivity index (χ2v) is 6.87. The normalized spacial score (nSPS) is 15.4. The van der Waals surface area contributed by atoms with Crippen molar-refractivity contribution in [1.82, 2.24) is 10.3 Å². The number of benzene rings is 2. The molecule has 5 nitrogen and oxygen atoms in total. The minimum atomic E-state index is -0.414. The van der Waals surface area contributed by atoms with Crippen LogP contribution >= 0.6 is 0 Å². The number of rotatable bonds is 5. The Labute approximate surface area is 164 Å². The average Bonchev–Trinajstić information content (AvgIpc) is 3.00. The van der Waals surface area contributed by atoms with Crippen molar-refractivity contribution in [3.8, 4) is 0 Å². The van der Waals surface area contributed by atoms with E-state index in [1.54, 1.807) is 23.2 Å². The fraction of sp³-hybridized carbons (Fsp3) is 0.174. The molecule has 0 radical (unpaired) electrons. The smallest absolute Gasteiger partial charge is 0.260 e. The number of hydrogen-bond donors (Lipinski definition) is 1. The number of fused-ring (bicyclic) bond motifs is 1. The summed E-state index contributed by atoms with van der Waals surface area (Å²) >= 11 is 0. The zero-order valence-corrected chi connectivity index (χ0v) is 15.6. The topological polar surface area (TPSA) is 62.3 Å². The van der Waals surface area contributed by atoms with E-state index in [0.29, 0.717) is 17.8 Å². The predicted molar refractivity (Wildman–Crippen MR) is 108 cm³/mol. The van der Waals surface area contributed by atoms with Gasteiger partial charge in [-0.15, -0.1) is 0 Å². The van der Waals surface area contributed by atoms with E-state index in [1.807, 2.05) is 61.5 Å². The molecule has 140 valence electrons. The van der Waals surface area contributed by atoms with Gasteiger partial charge in [0.1, 0.15) is 0 Å². The number of amides is 2. The monoisotopic (exact) mass is 371 g/mol. The summed E-state index contributed by atoms with van der Waals surface area (Å²) in [5.41, 5.74) is 4.20. The molecule has 2 heterocycles. The second kappa shape index (κ2) is 7.64. The van der Waals surface area contributed by atoms with E-state index in [9.17, 15) is 9.59 Å². The third-order valence-electron chi connectivity index (χ3n) is 5.07. The molecule has 0 aliphatic carbocycles. The van der Waals surface area contributed by atoms with E-state index in [1.165, 1.54) is 0 Å². The van der Waals surface area contributed by atoms with E-state index in [0.717, 1.165) is 16.8 Å². The molecule has 1 aliphatic heterocycles. The third-order valence-corrected chi connectivity index (χ3v) is 5.07. The molecule has 0 saturated heterocycles. The molecule has 28 heavy (non-hydrogen) atoms. The molecule has 4 rings (SSSR count). The SMILES string of the molecule is Cc1ccccc1CNC(=O)C[C@H]1c2ncccc2C(=O)N1c1ccccc1. The van der Waals surface area contributed by atoms with Crippen LogP contribution in [0.15, 0.2) is 72.9 Å². The number of pyridine rings is 1. The first kappa shape index (κ1) is 17.9. The summed E-state index contributed by atoms with van der Waals surface area (Å²) < 4.78 is 0. The average molecular weight is 371 g/mol. The second-order valence-electron chi connectivity index (χ2n) is 6.87. The first-order valence-corrected chi connectivity index (χ1v) is 9.30. The summed E-state index contributed by atoms with van der Waals surface area (Å²) in [6.07, 6.45) is 1.83. The Hall–Kier alpha value is -3.47. The molecule has 1 aromatic heterocycles. The highest BCUT2D eigenvalue weighted by atomic mass is 16.2. The van der Waals surface area contributed by atoms with Crippen LogP contribution in [0.5, 0.6) is 0 Å². The highest BCUT2D eigenvalue weighted by Gasteiger charge is 2.39. The number of nitrogens with one attached hydrogen (secondary N) is 1. The lowest BCUT2D eigenvalue weighted by Crippen LogP contribution is -2.33. The zero-order chi connectivity index (χ0) is 19.5. The van der Waals surface area contributed by atoms with Gasteiger partial charge in [0.05, 0.1) is 23.7 Å². The van der Waals surface area contributed by atoms with Gasteiger partial charge in [-0.2, -0.15) is 0 Å². The van der Waals surface area contributed by atoms with Crippen LogP contribution in [0.2, 0.25) is 0 Å². The van der Waals surface area contributed by atoms with Crippen LogP contribution in [0, 0.1) is 6.92 Å². The van der Waals surface area contributed by atoms with Crippen LogP contribution in [-0.2, 0) is 11.3 Å². The maximum atomic E-state index is 13.0. The quantitative estimate of drug-likeness (QED) is 0.742. The Bertz CT molecular complexity index is 1020. The van der Waals surface area contributed by atoms with Gasteiger partial charge in [0, 0.05) is 18.4 Å². The Balaban J connectivity index is 1.56. The van der Waals surface area contributed by atoms with Crippen molar-refractivity contribution in [3.05, 3.63) is 95.3 Å². The zero-order valence-electron chi connectivity index (χ0n) is 15.6. The van der Waals surface area contributed by atoms with Gasteiger partial charge >= 0.3 is 0 Å². The Kier molecular flexibility index (Phi) is 4.89. The van der Waals surface area contributed by atoms with E-state index >= 15 is 0 Å². The van der Waals surface area contributed by atoms with Gasteiger partial charge in [-0.05, 0) is 42.3 Å². The molecule has 3 aromatic rings. The lowest BCUT2D eigenvalue weighted by Gasteiger charge is -2.24. The first-order chi connectivity index (χ1) is 13.6. The summed E-state index contributed by atoms with van der Waals surface area (Å²) in [5.74, 6) is -0.230. The molecular weight excluding hydrogens is 350 g/mol. The largest absolute Gasteiger partial charge is 0.352 e. The number of hydrogen-bond acceptors (Lipinski definition) is 3. The third kappa shape index (κ3) is 3.39. The first-order valence-electron chi connectivity index (χ1n) is 9.30. The number of nitrogens with zero attached hydrogens (tertiary/aromatic N) is 2. The van der Waals surface area contributed by atoms with Crippen LogP contribution in [0.25, 0.3) is 0 Å². The maximum absolute atomic E-state index is 13.0. The molecule has 0 bridgehead atoms. The lowest BCUT2D eigenvalue weighted by molar-refractivity contribution is -0.121. The van der Waals surface area contributed by atoms with Crippen molar-refractivity contribution in [2.24, 2.45) is 0 Å². The fourth-order valence-electron chi connectivity index (χ4n) is 3.58. The highest BCUT2D eigenvalue weighted by molar-refractivity contribution is 6.11. The highest BCUT2D eigenvalue weighted by Crippen LogP contribution is 2.38. The number of aromatic nitrogens is 1. The van der Waals surface area contributed by atoms with Gasteiger partial charge < -0.3 is 5.32 Å². The van der Waals surface area contributed by atoms with Crippen LogP contribution in [0.1, 0.15) is 39.6 Å². The van der Waals surface area contributed by atoms with Gasteiger partial charge in [0.25, 0.3) is 5.91 Å². The minimum absolute atomic E-state index is 0.111. The van der Waals surface area contributed by atoms with Gasteiger partial charge in [-0.3, -0.25) is 19.5 Å². The molecule has 5 heteroatoms. The molecule has 1 N–H and O–H groups in total. The van der Waals surface area contributed by atoms with Gasteiger partial charge in [-0.25, -0.2) is 0 Å². The van der Waals surface area contributed by atoms with Crippen molar-refractivity contribution < 1.29 is 9.59 Å². The van der Waals surface area contributed by atoms with Gasteiger partial charge in [0.2, 0.25) is 5.91 Å². The molecular formula is C23H21N3O2. The number of carbonyl (C=O) groups is 2.